The molecule has 86 valence electrons. The number of likely N-dealkylation sites (tertiary alicyclic amines) is 2. The predicted octanol–water partition coefficient (Wildman–Crippen LogP) is 1.79. The van der Waals surface area contributed by atoms with Crippen LogP contribution < -0.4 is 0 Å². The van der Waals surface area contributed by atoms with E-state index in [-0.39, 0.29) is 0 Å². The Morgan fingerprint density at radius 3 is 2.20 bits per heavy atom. The zero-order valence-electron chi connectivity index (χ0n) is 9.84. The van der Waals surface area contributed by atoms with Crippen molar-refractivity contribution in [1.82, 2.24) is 9.80 Å². The lowest BCUT2D eigenvalue weighted by Gasteiger charge is -2.26. The average molecular weight is 209 g/mol. The van der Waals surface area contributed by atoms with E-state index in [1.807, 2.05) is 0 Å². The molecule has 0 radical (unpaired) electrons. The molecule has 2 rings (SSSR count). The lowest BCUT2D eigenvalue weighted by molar-refractivity contribution is 0.307. The predicted molar refractivity (Wildman–Crippen MR) is 63.4 cm³/mol. The van der Waals surface area contributed by atoms with Gasteiger partial charge in [0.2, 0.25) is 0 Å². The molecular formula is C12H23N3. The van der Waals surface area contributed by atoms with Crippen LogP contribution >= 0.6 is 0 Å². The molecular weight excluding hydrogens is 186 g/mol. The van der Waals surface area contributed by atoms with Crippen molar-refractivity contribution >= 4 is 5.84 Å². The van der Waals surface area contributed by atoms with Gasteiger partial charge in [-0.25, -0.2) is 0 Å². The maximum Gasteiger partial charge on any atom is 0.0999 e. The molecule has 2 heterocycles. The van der Waals surface area contributed by atoms with Gasteiger partial charge in [-0.2, -0.15) is 0 Å². The third-order valence-corrected chi connectivity index (χ3v) is 3.64. The highest BCUT2D eigenvalue weighted by Crippen LogP contribution is 2.15. The second-order valence-corrected chi connectivity index (χ2v) is 4.99. The molecule has 0 saturated carbocycles. The average Bonchev–Trinajstić information content (AvgIpc) is 2.88. The first-order valence-electron chi connectivity index (χ1n) is 6.33. The van der Waals surface area contributed by atoms with Crippen molar-refractivity contribution in [2.24, 2.45) is 5.92 Å². The highest BCUT2D eigenvalue weighted by Gasteiger charge is 2.22. The summed E-state index contributed by atoms with van der Waals surface area (Å²) in [6.07, 6.45) is 5.26. The summed E-state index contributed by atoms with van der Waals surface area (Å²) in [5.41, 5.74) is 0. The first-order chi connectivity index (χ1) is 7.27. The topological polar surface area (TPSA) is 30.3 Å². The molecule has 2 saturated heterocycles. The number of nitrogens with zero attached hydrogens (tertiary/aromatic N) is 2. The minimum absolute atomic E-state index is 0.418. The Morgan fingerprint density at radius 2 is 1.60 bits per heavy atom. The van der Waals surface area contributed by atoms with Crippen LogP contribution in [-0.4, -0.2) is 48.4 Å². The van der Waals surface area contributed by atoms with Gasteiger partial charge < -0.3 is 9.80 Å². The lowest BCUT2D eigenvalue weighted by Crippen LogP contribution is -2.37. The van der Waals surface area contributed by atoms with Gasteiger partial charge in [0.1, 0.15) is 0 Å². The highest BCUT2D eigenvalue weighted by molar-refractivity contribution is 5.81. The minimum Gasteiger partial charge on any atom is -0.360 e. The van der Waals surface area contributed by atoms with Crippen molar-refractivity contribution in [3.05, 3.63) is 0 Å². The summed E-state index contributed by atoms with van der Waals surface area (Å²) in [5, 5.41) is 8.16. The van der Waals surface area contributed by atoms with Gasteiger partial charge in [0.15, 0.2) is 0 Å². The molecule has 2 aliphatic rings. The number of amidine groups is 1. The van der Waals surface area contributed by atoms with Crippen LogP contribution in [0.1, 0.15) is 32.6 Å². The van der Waals surface area contributed by atoms with Gasteiger partial charge in [0.05, 0.1) is 5.84 Å². The van der Waals surface area contributed by atoms with Crippen molar-refractivity contribution in [3.63, 3.8) is 0 Å². The summed E-state index contributed by atoms with van der Waals surface area (Å²) in [6.45, 7) is 8.02. The zero-order valence-corrected chi connectivity index (χ0v) is 9.84. The van der Waals surface area contributed by atoms with Crippen LogP contribution in [0.5, 0.6) is 0 Å². The molecule has 3 heteroatoms. The van der Waals surface area contributed by atoms with Crippen LogP contribution in [0.25, 0.3) is 0 Å². The maximum absolute atomic E-state index is 8.16. The van der Waals surface area contributed by atoms with Crippen LogP contribution in [0.15, 0.2) is 0 Å². The van der Waals surface area contributed by atoms with E-state index in [4.69, 9.17) is 5.41 Å². The smallest absolute Gasteiger partial charge is 0.0999 e. The molecule has 0 aliphatic carbocycles. The summed E-state index contributed by atoms with van der Waals surface area (Å²) < 4.78 is 0. The molecule has 0 amide bonds. The van der Waals surface area contributed by atoms with Gasteiger partial charge in [-0.1, -0.05) is 6.92 Å². The van der Waals surface area contributed by atoms with Crippen LogP contribution in [0, 0.1) is 11.3 Å². The largest absolute Gasteiger partial charge is 0.360 e. The summed E-state index contributed by atoms with van der Waals surface area (Å²) in [7, 11) is 0. The van der Waals surface area contributed by atoms with Crippen LogP contribution in [0.3, 0.4) is 0 Å². The third-order valence-electron chi connectivity index (χ3n) is 3.64. The number of rotatable bonds is 3. The van der Waals surface area contributed by atoms with Crippen molar-refractivity contribution < 1.29 is 0 Å². The zero-order chi connectivity index (χ0) is 10.7. The van der Waals surface area contributed by atoms with Crippen molar-refractivity contribution in [2.75, 3.05) is 32.7 Å². The van der Waals surface area contributed by atoms with E-state index in [1.54, 1.807) is 0 Å². The number of hydrogen-bond donors (Lipinski definition) is 1. The van der Waals surface area contributed by atoms with E-state index in [1.165, 1.54) is 38.8 Å². The Labute approximate surface area is 92.9 Å². The SMILES string of the molecule is CC(CN1CCCC1)C(=N)N1CCCC1. The fraction of sp³-hybridized carbons (Fsp3) is 0.917. The summed E-state index contributed by atoms with van der Waals surface area (Å²) in [4.78, 5) is 4.77. The van der Waals surface area contributed by atoms with E-state index < -0.39 is 0 Å². The standard InChI is InChI=1S/C12H23N3/c1-11(10-14-6-2-3-7-14)12(13)15-8-4-5-9-15/h11,13H,2-10H2,1H3. The Morgan fingerprint density at radius 1 is 1.07 bits per heavy atom. The van der Waals surface area contributed by atoms with E-state index in [0.717, 1.165) is 25.5 Å². The molecule has 0 aromatic carbocycles. The number of nitrogens with one attached hydrogen (secondary N) is 1. The summed E-state index contributed by atoms with van der Waals surface area (Å²) >= 11 is 0. The van der Waals surface area contributed by atoms with Crippen LogP contribution in [-0.2, 0) is 0 Å². The van der Waals surface area contributed by atoms with Gasteiger partial charge in [-0.3, -0.25) is 5.41 Å². The summed E-state index contributed by atoms with van der Waals surface area (Å²) in [6, 6.07) is 0. The Balaban J connectivity index is 1.78. The second-order valence-electron chi connectivity index (χ2n) is 4.99. The first-order valence-corrected chi connectivity index (χ1v) is 6.33. The van der Waals surface area contributed by atoms with Crippen LogP contribution in [0.2, 0.25) is 0 Å². The fourth-order valence-electron chi connectivity index (χ4n) is 2.71. The van der Waals surface area contributed by atoms with Gasteiger partial charge >= 0.3 is 0 Å². The van der Waals surface area contributed by atoms with E-state index in [2.05, 4.69) is 16.7 Å². The van der Waals surface area contributed by atoms with E-state index >= 15 is 0 Å². The Kier molecular flexibility index (Phi) is 3.62. The molecule has 1 unspecified atom stereocenters. The highest BCUT2D eigenvalue weighted by atomic mass is 15.2. The molecule has 0 aromatic rings. The van der Waals surface area contributed by atoms with Crippen molar-refractivity contribution in [3.8, 4) is 0 Å². The molecule has 1 atom stereocenters. The van der Waals surface area contributed by atoms with Gasteiger partial charge in [0, 0.05) is 25.6 Å². The van der Waals surface area contributed by atoms with E-state index in [9.17, 15) is 0 Å². The van der Waals surface area contributed by atoms with Crippen molar-refractivity contribution in [2.45, 2.75) is 32.6 Å². The lowest BCUT2D eigenvalue weighted by atomic mass is 10.1. The normalized spacial score (nSPS) is 24.7. The minimum atomic E-state index is 0.418. The van der Waals surface area contributed by atoms with Gasteiger partial charge in [-0.05, 0) is 38.8 Å². The molecule has 0 spiro atoms. The molecule has 2 aliphatic heterocycles. The molecule has 0 aromatic heterocycles. The van der Waals surface area contributed by atoms with Gasteiger partial charge in [0.25, 0.3) is 0 Å². The maximum atomic E-state index is 8.16. The molecule has 0 bridgehead atoms. The second kappa shape index (κ2) is 4.97. The molecule has 2 fully saturated rings. The Hall–Kier alpha value is -0.570. The Bertz CT molecular complexity index is 215. The first kappa shape index (κ1) is 10.9. The molecule has 3 nitrogen and oxygen atoms in total. The quantitative estimate of drug-likeness (QED) is 0.567. The fourth-order valence-corrected chi connectivity index (χ4v) is 2.71. The third kappa shape index (κ3) is 2.71. The van der Waals surface area contributed by atoms with Gasteiger partial charge in [-0.15, -0.1) is 0 Å². The monoisotopic (exact) mass is 209 g/mol. The van der Waals surface area contributed by atoms with Crippen molar-refractivity contribution in [1.29, 1.82) is 5.41 Å². The van der Waals surface area contributed by atoms with E-state index in [0.29, 0.717) is 5.92 Å². The molecule has 1 N–H and O–H groups in total. The number of hydrogen-bond acceptors (Lipinski definition) is 2. The summed E-state index contributed by atoms with van der Waals surface area (Å²) in [5.74, 6) is 1.29. The molecule has 15 heavy (non-hydrogen) atoms. The van der Waals surface area contributed by atoms with Crippen LogP contribution in [0.4, 0.5) is 0 Å².